The third kappa shape index (κ3) is 3.38. The minimum atomic E-state index is 0.0291. The molecule has 0 radical (unpaired) electrons. The quantitative estimate of drug-likeness (QED) is 0.225. The second-order valence-electron chi connectivity index (χ2n) is 8.71. The molecule has 0 atom stereocenters. The summed E-state index contributed by atoms with van der Waals surface area (Å²) in [5.74, 6) is 0.0291. The van der Waals surface area contributed by atoms with Gasteiger partial charge < -0.3 is 0 Å². The van der Waals surface area contributed by atoms with Gasteiger partial charge in [0.25, 0.3) is 0 Å². The van der Waals surface area contributed by atoms with E-state index in [0.29, 0.717) is 11.1 Å². The van der Waals surface area contributed by atoms with Gasteiger partial charge in [0.15, 0.2) is 5.78 Å². The smallest absolute Gasteiger partial charge is 0.193 e. The summed E-state index contributed by atoms with van der Waals surface area (Å²) in [7, 11) is 0. The number of rotatable bonds is 3. The summed E-state index contributed by atoms with van der Waals surface area (Å²) in [4.78, 5) is 18.7. The van der Waals surface area contributed by atoms with Gasteiger partial charge in [-0.25, -0.2) is 4.98 Å². The van der Waals surface area contributed by atoms with Gasteiger partial charge >= 0.3 is 0 Å². The first-order valence-electron chi connectivity index (χ1n) is 10.9. The average Bonchev–Trinajstić information content (AvgIpc) is 2.77. The Hall–Kier alpha value is -3.78. The predicted molar refractivity (Wildman–Crippen MR) is 134 cm³/mol. The molecule has 1 aromatic heterocycles. The summed E-state index contributed by atoms with van der Waals surface area (Å²) in [5, 5.41) is 1.98. The maximum atomic E-state index is 13.7. The predicted octanol–water partition coefficient (Wildman–Crippen LogP) is 7.52. The molecular weight excluding hydrogens is 390 g/mol. The molecule has 0 aliphatic rings. The van der Waals surface area contributed by atoms with Crippen molar-refractivity contribution in [3.05, 3.63) is 112 Å². The second kappa shape index (κ2) is 7.72. The van der Waals surface area contributed by atoms with Gasteiger partial charge in [0.1, 0.15) is 0 Å². The second-order valence-corrected chi connectivity index (χ2v) is 8.71. The molecule has 0 amide bonds. The maximum absolute atomic E-state index is 13.7. The number of aryl methyl sites for hydroxylation is 4. The Balaban J connectivity index is 1.89. The Labute approximate surface area is 188 Å². The van der Waals surface area contributed by atoms with Gasteiger partial charge in [-0.05, 0) is 62.6 Å². The van der Waals surface area contributed by atoms with E-state index < -0.39 is 0 Å². The lowest BCUT2D eigenvalue weighted by molar-refractivity contribution is 0.104. The summed E-state index contributed by atoms with van der Waals surface area (Å²) >= 11 is 0. The first-order chi connectivity index (χ1) is 15.4. The minimum absolute atomic E-state index is 0.0291. The van der Waals surface area contributed by atoms with Crippen molar-refractivity contribution in [2.75, 3.05) is 0 Å². The number of carbonyl (C=O) groups excluding carboxylic acids is 1. The molecule has 0 aliphatic heterocycles. The van der Waals surface area contributed by atoms with Gasteiger partial charge in [0, 0.05) is 27.5 Å². The summed E-state index contributed by atoms with van der Waals surface area (Å²) in [6.45, 7) is 8.34. The largest absolute Gasteiger partial charge is 0.289 e. The molecule has 2 nitrogen and oxygen atoms in total. The van der Waals surface area contributed by atoms with Crippen molar-refractivity contribution in [3.8, 4) is 11.1 Å². The van der Waals surface area contributed by atoms with E-state index in [1.54, 1.807) is 0 Å². The summed E-state index contributed by atoms with van der Waals surface area (Å²) in [6.07, 6.45) is 0. The van der Waals surface area contributed by atoms with Crippen LogP contribution in [0.2, 0.25) is 0 Å². The fourth-order valence-electron chi connectivity index (χ4n) is 4.59. The molecule has 0 N–H and O–H groups in total. The SMILES string of the molecule is Cc1cc(C)cc(-c2c3ccccc3nc3cccc(C(=O)c4ccc(C)c(C)c4)c23)c1. The Morgan fingerprint density at radius 3 is 2.16 bits per heavy atom. The first-order valence-corrected chi connectivity index (χ1v) is 10.9. The van der Waals surface area contributed by atoms with Crippen molar-refractivity contribution in [2.45, 2.75) is 27.7 Å². The highest BCUT2D eigenvalue weighted by Crippen LogP contribution is 2.38. The van der Waals surface area contributed by atoms with Gasteiger partial charge in [-0.15, -0.1) is 0 Å². The van der Waals surface area contributed by atoms with Crippen LogP contribution in [0.25, 0.3) is 32.9 Å². The molecule has 5 rings (SSSR count). The molecule has 4 aromatic carbocycles. The molecule has 32 heavy (non-hydrogen) atoms. The van der Waals surface area contributed by atoms with Crippen molar-refractivity contribution in [1.82, 2.24) is 4.98 Å². The molecule has 0 unspecified atom stereocenters. The highest BCUT2D eigenvalue weighted by Gasteiger charge is 2.19. The van der Waals surface area contributed by atoms with Crippen molar-refractivity contribution in [3.63, 3.8) is 0 Å². The van der Waals surface area contributed by atoms with Crippen LogP contribution in [0.3, 0.4) is 0 Å². The molecular formula is C30H25NO. The van der Waals surface area contributed by atoms with Gasteiger partial charge in [-0.2, -0.15) is 0 Å². The number of para-hydroxylation sites is 1. The molecule has 0 bridgehead atoms. The molecule has 0 aliphatic carbocycles. The highest BCUT2D eigenvalue weighted by molar-refractivity contribution is 6.22. The van der Waals surface area contributed by atoms with E-state index in [0.717, 1.165) is 38.5 Å². The summed E-state index contributed by atoms with van der Waals surface area (Å²) in [5.41, 5.74) is 10.1. The van der Waals surface area contributed by atoms with Gasteiger partial charge in [-0.3, -0.25) is 4.79 Å². The lowest BCUT2D eigenvalue weighted by Gasteiger charge is -2.16. The van der Waals surface area contributed by atoms with E-state index in [9.17, 15) is 4.79 Å². The highest BCUT2D eigenvalue weighted by atomic mass is 16.1. The minimum Gasteiger partial charge on any atom is -0.289 e. The molecule has 5 aromatic rings. The van der Waals surface area contributed by atoms with Crippen molar-refractivity contribution < 1.29 is 4.79 Å². The van der Waals surface area contributed by atoms with Crippen LogP contribution in [0.1, 0.15) is 38.2 Å². The van der Waals surface area contributed by atoms with Crippen LogP contribution >= 0.6 is 0 Å². The first kappa shape index (κ1) is 20.1. The van der Waals surface area contributed by atoms with E-state index in [1.807, 2.05) is 61.5 Å². The number of aromatic nitrogens is 1. The van der Waals surface area contributed by atoms with Gasteiger partial charge in [-0.1, -0.05) is 71.8 Å². The van der Waals surface area contributed by atoms with Crippen molar-refractivity contribution >= 4 is 27.6 Å². The number of hydrogen-bond acceptors (Lipinski definition) is 2. The number of fused-ring (bicyclic) bond motifs is 2. The zero-order chi connectivity index (χ0) is 22.4. The van der Waals surface area contributed by atoms with E-state index in [1.165, 1.54) is 16.7 Å². The summed E-state index contributed by atoms with van der Waals surface area (Å²) in [6, 6.07) is 26.6. The molecule has 0 saturated carbocycles. The van der Waals surface area contributed by atoms with Crippen molar-refractivity contribution in [1.29, 1.82) is 0 Å². The number of carbonyl (C=O) groups is 1. The number of hydrogen-bond donors (Lipinski definition) is 0. The lowest BCUT2D eigenvalue weighted by atomic mass is 9.89. The molecule has 156 valence electrons. The van der Waals surface area contributed by atoms with Gasteiger partial charge in [0.05, 0.1) is 11.0 Å². The van der Waals surface area contributed by atoms with Gasteiger partial charge in [0.2, 0.25) is 0 Å². The van der Waals surface area contributed by atoms with Crippen LogP contribution in [-0.4, -0.2) is 10.8 Å². The number of pyridine rings is 1. The van der Waals surface area contributed by atoms with Crippen LogP contribution in [-0.2, 0) is 0 Å². The van der Waals surface area contributed by atoms with Crippen LogP contribution in [0.15, 0.2) is 78.9 Å². The third-order valence-electron chi connectivity index (χ3n) is 6.23. The monoisotopic (exact) mass is 415 g/mol. The topological polar surface area (TPSA) is 30.0 Å². The Morgan fingerprint density at radius 2 is 1.41 bits per heavy atom. The van der Waals surface area contributed by atoms with E-state index in [-0.39, 0.29) is 5.78 Å². The fourth-order valence-corrected chi connectivity index (χ4v) is 4.59. The van der Waals surface area contributed by atoms with E-state index >= 15 is 0 Å². The fraction of sp³-hybridized carbons (Fsp3) is 0.133. The lowest BCUT2D eigenvalue weighted by Crippen LogP contribution is -2.05. The standard InChI is InChI=1S/C30H25NO/c1-18-14-19(2)16-23(15-18)28-24-8-5-6-10-26(24)31-27-11-7-9-25(29(27)28)30(32)22-13-12-20(3)21(4)17-22/h5-17H,1-4H3. The zero-order valence-electron chi connectivity index (χ0n) is 18.9. The molecule has 2 heteroatoms. The zero-order valence-corrected chi connectivity index (χ0v) is 18.9. The number of benzene rings is 4. The van der Waals surface area contributed by atoms with Crippen molar-refractivity contribution in [2.24, 2.45) is 0 Å². The number of ketones is 1. The molecule has 0 spiro atoms. The van der Waals surface area contributed by atoms with Crippen LogP contribution in [0.5, 0.6) is 0 Å². The Kier molecular flexibility index (Phi) is 4.86. The van der Waals surface area contributed by atoms with E-state index in [2.05, 4.69) is 45.0 Å². The number of nitrogens with zero attached hydrogens (tertiary/aromatic N) is 1. The average molecular weight is 416 g/mol. The summed E-state index contributed by atoms with van der Waals surface area (Å²) < 4.78 is 0. The maximum Gasteiger partial charge on any atom is 0.193 e. The van der Waals surface area contributed by atoms with E-state index in [4.69, 9.17) is 4.98 Å². The Bertz CT molecular complexity index is 1510. The molecule has 0 fully saturated rings. The van der Waals surface area contributed by atoms with Crippen LogP contribution < -0.4 is 0 Å². The third-order valence-corrected chi connectivity index (χ3v) is 6.23. The van der Waals surface area contributed by atoms with Crippen LogP contribution in [0.4, 0.5) is 0 Å². The molecule has 1 heterocycles. The Morgan fingerprint density at radius 1 is 0.688 bits per heavy atom. The normalized spacial score (nSPS) is 11.2. The molecule has 0 saturated heterocycles. The van der Waals surface area contributed by atoms with Crippen LogP contribution in [0, 0.1) is 27.7 Å².